The van der Waals surface area contributed by atoms with Gasteiger partial charge in [-0.2, -0.15) is 0 Å². The number of hydrogen-bond acceptors (Lipinski definition) is 4. The largest absolute Gasteiger partial charge is 0.475 e. The minimum absolute atomic E-state index is 0.0192. The molecule has 0 spiro atoms. The molecule has 0 unspecified atom stereocenters. The van der Waals surface area contributed by atoms with E-state index in [4.69, 9.17) is 9.52 Å². The van der Waals surface area contributed by atoms with E-state index in [2.05, 4.69) is 30.6 Å². The zero-order valence-corrected chi connectivity index (χ0v) is 11.8. The Balaban J connectivity index is 1.87. The van der Waals surface area contributed by atoms with E-state index in [0.717, 1.165) is 6.54 Å². The molecule has 0 saturated carbocycles. The van der Waals surface area contributed by atoms with Crippen molar-refractivity contribution in [1.82, 2.24) is 5.32 Å². The molecule has 102 valence electrons. The maximum atomic E-state index is 10.7. The molecule has 2 aromatic rings. The van der Waals surface area contributed by atoms with E-state index in [1.807, 2.05) is 6.07 Å². The summed E-state index contributed by atoms with van der Waals surface area (Å²) < 4.78 is 5.19. The van der Waals surface area contributed by atoms with Gasteiger partial charge in [-0.25, -0.2) is 4.79 Å². The maximum Gasteiger partial charge on any atom is 0.371 e. The molecule has 0 bridgehead atoms. The van der Waals surface area contributed by atoms with Crippen molar-refractivity contribution in [3.8, 4) is 0 Å². The van der Waals surface area contributed by atoms with Gasteiger partial charge < -0.3 is 14.8 Å². The topological polar surface area (TPSA) is 62.5 Å². The van der Waals surface area contributed by atoms with Gasteiger partial charge in [-0.1, -0.05) is 19.9 Å². The van der Waals surface area contributed by atoms with Crippen LogP contribution in [-0.2, 0) is 12.0 Å². The first-order chi connectivity index (χ1) is 8.99. The fourth-order valence-corrected chi connectivity index (χ4v) is 2.69. The van der Waals surface area contributed by atoms with Crippen LogP contribution in [0.2, 0.25) is 0 Å². The Bertz CT molecular complexity index is 543. The van der Waals surface area contributed by atoms with Crippen molar-refractivity contribution < 1.29 is 14.3 Å². The molecular weight excluding hydrogens is 262 g/mol. The normalized spacial score (nSPS) is 11.7. The lowest BCUT2D eigenvalue weighted by molar-refractivity contribution is 0.0660. The highest BCUT2D eigenvalue weighted by Crippen LogP contribution is 2.26. The molecule has 0 amide bonds. The lowest BCUT2D eigenvalue weighted by Gasteiger charge is -2.23. The van der Waals surface area contributed by atoms with Crippen LogP contribution in [0, 0.1) is 0 Å². The first kappa shape index (κ1) is 13.8. The number of hydrogen-bond donors (Lipinski definition) is 2. The second-order valence-corrected chi connectivity index (χ2v) is 5.98. The van der Waals surface area contributed by atoms with Crippen molar-refractivity contribution in [3.63, 3.8) is 0 Å². The molecule has 2 N–H and O–H groups in total. The Morgan fingerprint density at radius 3 is 2.79 bits per heavy atom. The lowest BCUT2D eigenvalue weighted by atomic mass is 9.91. The fourth-order valence-electron chi connectivity index (χ4n) is 1.84. The molecule has 0 aliphatic rings. The van der Waals surface area contributed by atoms with Crippen LogP contribution in [0.3, 0.4) is 0 Å². The van der Waals surface area contributed by atoms with Crippen LogP contribution < -0.4 is 5.32 Å². The van der Waals surface area contributed by atoms with Gasteiger partial charge in [0.25, 0.3) is 0 Å². The Hall–Kier alpha value is -1.59. The van der Waals surface area contributed by atoms with Crippen molar-refractivity contribution in [2.45, 2.75) is 25.8 Å². The van der Waals surface area contributed by atoms with E-state index in [0.29, 0.717) is 12.3 Å². The number of carboxylic acids is 1. The minimum atomic E-state index is -1.04. The number of carbonyl (C=O) groups is 1. The molecule has 2 rings (SSSR count). The van der Waals surface area contributed by atoms with Gasteiger partial charge >= 0.3 is 5.97 Å². The number of carboxylic acid groups (broad SMARTS) is 1. The van der Waals surface area contributed by atoms with E-state index in [1.54, 1.807) is 17.4 Å². The molecule has 0 atom stereocenters. The Morgan fingerprint density at radius 1 is 1.42 bits per heavy atom. The summed E-state index contributed by atoms with van der Waals surface area (Å²) in [7, 11) is 0. The van der Waals surface area contributed by atoms with E-state index < -0.39 is 5.97 Å². The molecule has 0 aliphatic heterocycles. The zero-order valence-electron chi connectivity index (χ0n) is 11.0. The van der Waals surface area contributed by atoms with E-state index >= 15 is 0 Å². The number of thiophene rings is 1. The molecule has 4 nitrogen and oxygen atoms in total. The van der Waals surface area contributed by atoms with Gasteiger partial charge in [0.15, 0.2) is 0 Å². The summed E-state index contributed by atoms with van der Waals surface area (Å²) in [5, 5.41) is 14.1. The molecule has 0 saturated heterocycles. The Morgan fingerprint density at radius 2 is 2.21 bits per heavy atom. The third-order valence-corrected chi connectivity index (χ3v) is 4.16. The highest BCUT2D eigenvalue weighted by molar-refractivity contribution is 7.10. The molecular formula is C14H17NO3S. The predicted octanol–water partition coefficient (Wildman–Crippen LogP) is 3.11. The minimum Gasteiger partial charge on any atom is -0.475 e. The third kappa shape index (κ3) is 3.45. The summed E-state index contributed by atoms with van der Waals surface area (Å²) in [4.78, 5) is 12.0. The highest BCUT2D eigenvalue weighted by atomic mass is 32.1. The number of furan rings is 1. The van der Waals surface area contributed by atoms with Crippen molar-refractivity contribution >= 4 is 17.3 Å². The average Bonchev–Trinajstić information content (AvgIpc) is 3.00. The molecule has 5 heteroatoms. The van der Waals surface area contributed by atoms with Gasteiger partial charge in [-0.3, -0.25) is 0 Å². The smallest absolute Gasteiger partial charge is 0.371 e. The summed E-state index contributed by atoms with van der Waals surface area (Å²) in [6.07, 6.45) is 0. The summed E-state index contributed by atoms with van der Waals surface area (Å²) in [6, 6.07) is 7.34. The third-order valence-electron chi connectivity index (χ3n) is 2.93. The van der Waals surface area contributed by atoms with Crippen LogP contribution in [-0.4, -0.2) is 17.6 Å². The van der Waals surface area contributed by atoms with Crippen LogP contribution in [0.4, 0.5) is 0 Å². The van der Waals surface area contributed by atoms with E-state index in [1.165, 1.54) is 10.9 Å². The van der Waals surface area contributed by atoms with Gasteiger partial charge in [0, 0.05) is 16.8 Å². The molecule has 2 aromatic heterocycles. The van der Waals surface area contributed by atoms with Crippen LogP contribution >= 0.6 is 11.3 Å². The first-order valence-corrected chi connectivity index (χ1v) is 6.94. The zero-order chi connectivity index (χ0) is 13.9. The number of aromatic carboxylic acids is 1. The van der Waals surface area contributed by atoms with Gasteiger partial charge in [0.05, 0.1) is 6.54 Å². The quantitative estimate of drug-likeness (QED) is 0.853. The standard InChI is InChI=1S/C14H17NO3S/c1-14(2,12-4-3-7-19-12)9-15-8-10-5-6-11(18-10)13(16)17/h3-7,15H,8-9H2,1-2H3,(H,16,17). The summed E-state index contributed by atoms with van der Waals surface area (Å²) in [5.74, 6) is -0.418. The Kier molecular flexibility index (Phi) is 4.07. The summed E-state index contributed by atoms with van der Waals surface area (Å²) >= 11 is 1.74. The molecule has 0 radical (unpaired) electrons. The second-order valence-electron chi connectivity index (χ2n) is 5.04. The van der Waals surface area contributed by atoms with E-state index in [9.17, 15) is 4.79 Å². The molecule has 0 aromatic carbocycles. The average molecular weight is 279 g/mol. The predicted molar refractivity (Wildman–Crippen MR) is 74.7 cm³/mol. The monoisotopic (exact) mass is 279 g/mol. The van der Waals surface area contributed by atoms with Crippen molar-refractivity contribution in [3.05, 3.63) is 46.0 Å². The lowest BCUT2D eigenvalue weighted by Crippen LogP contribution is -2.31. The van der Waals surface area contributed by atoms with Crippen LogP contribution in [0.15, 0.2) is 34.1 Å². The summed E-state index contributed by atoms with van der Waals surface area (Å²) in [5.41, 5.74) is 0.0520. The van der Waals surface area contributed by atoms with Crippen molar-refractivity contribution in [2.24, 2.45) is 0 Å². The number of rotatable bonds is 6. The van der Waals surface area contributed by atoms with Crippen LogP contribution in [0.1, 0.15) is 35.0 Å². The molecule has 0 fully saturated rings. The maximum absolute atomic E-state index is 10.7. The van der Waals surface area contributed by atoms with Gasteiger partial charge in [-0.15, -0.1) is 11.3 Å². The number of nitrogens with one attached hydrogen (secondary N) is 1. The van der Waals surface area contributed by atoms with Crippen molar-refractivity contribution in [1.29, 1.82) is 0 Å². The van der Waals surface area contributed by atoms with Crippen molar-refractivity contribution in [2.75, 3.05) is 6.54 Å². The second kappa shape index (κ2) is 5.59. The van der Waals surface area contributed by atoms with Gasteiger partial charge in [0.2, 0.25) is 5.76 Å². The van der Waals surface area contributed by atoms with E-state index in [-0.39, 0.29) is 11.2 Å². The molecule has 2 heterocycles. The highest BCUT2D eigenvalue weighted by Gasteiger charge is 2.21. The van der Waals surface area contributed by atoms with Crippen LogP contribution in [0.25, 0.3) is 0 Å². The molecule has 0 aliphatic carbocycles. The SMILES string of the molecule is CC(C)(CNCc1ccc(C(=O)O)o1)c1cccs1. The van der Waals surface area contributed by atoms with Crippen LogP contribution in [0.5, 0.6) is 0 Å². The summed E-state index contributed by atoms with van der Waals surface area (Å²) in [6.45, 7) is 5.69. The van der Waals surface area contributed by atoms with Gasteiger partial charge in [0.1, 0.15) is 5.76 Å². The molecule has 19 heavy (non-hydrogen) atoms. The first-order valence-electron chi connectivity index (χ1n) is 6.06. The van der Waals surface area contributed by atoms with Gasteiger partial charge in [-0.05, 0) is 23.6 Å². The Labute approximate surface area is 116 Å². The fraction of sp³-hybridized carbons (Fsp3) is 0.357.